The van der Waals surface area contributed by atoms with E-state index in [0.29, 0.717) is 0 Å². The summed E-state index contributed by atoms with van der Waals surface area (Å²) in [6.07, 6.45) is 10.6. The summed E-state index contributed by atoms with van der Waals surface area (Å²) in [4.78, 5) is 0. The first-order valence-electron chi connectivity index (χ1n) is 4.82. The van der Waals surface area contributed by atoms with Crippen molar-refractivity contribution in [3.63, 3.8) is 0 Å². The predicted octanol–water partition coefficient (Wildman–Crippen LogP) is 2.89. The fourth-order valence-electron chi connectivity index (χ4n) is 1.17. The Balaban J connectivity index is 2.69. The molecule has 0 amide bonds. The zero-order valence-electron chi connectivity index (χ0n) is 7.52. The van der Waals surface area contributed by atoms with E-state index in [2.05, 4.69) is 0 Å². The second-order valence-corrected chi connectivity index (χ2v) is 7.54. The molecule has 11 heavy (non-hydrogen) atoms. The summed E-state index contributed by atoms with van der Waals surface area (Å²) in [6.45, 7) is 0. The van der Waals surface area contributed by atoms with Gasteiger partial charge < -0.3 is 0 Å². The molecule has 0 saturated carbocycles. The molecule has 0 aliphatic heterocycles. The minimum atomic E-state index is 1.24. The summed E-state index contributed by atoms with van der Waals surface area (Å²) in [5, 5.41) is 0. The van der Waals surface area contributed by atoms with Gasteiger partial charge in [-0.2, -0.15) is 0 Å². The SMILES string of the molecule is [Tl][CH2]CCCCCCC[CH2][Tl]. The Bertz CT molecular complexity index is 56.6. The van der Waals surface area contributed by atoms with E-state index >= 15 is 0 Å². The van der Waals surface area contributed by atoms with Gasteiger partial charge in [0.05, 0.1) is 0 Å². The van der Waals surface area contributed by atoms with Gasteiger partial charge in [0.2, 0.25) is 0 Å². The van der Waals surface area contributed by atoms with E-state index in [1.165, 1.54) is 96.5 Å². The van der Waals surface area contributed by atoms with Crippen LogP contribution in [-0.2, 0) is 0 Å². The molecule has 0 radical (unpaired) electrons. The van der Waals surface area contributed by atoms with E-state index < -0.39 is 0 Å². The van der Waals surface area contributed by atoms with Gasteiger partial charge in [-0.1, -0.05) is 0 Å². The van der Waals surface area contributed by atoms with Crippen molar-refractivity contribution in [1.82, 2.24) is 0 Å². The maximum absolute atomic E-state index is 1.54. The molecular formula is C9H18Tl2. The summed E-state index contributed by atoms with van der Waals surface area (Å²) >= 11 is 2.48. The molecule has 0 aromatic rings. The summed E-state index contributed by atoms with van der Waals surface area (Å²) in [7, 11) is 0. The van der Waals surface area contributed by atoms with Crippen LogP contribution in [-0.4, -0.2) is 51.5 Å². The third kappa shape index (κ3) is 11.8. The second-order valence-electron chi connectivity index (χ2n) is 3.05. The molecule has 0 nitrogen and oxygen atoms in total. The Morgan fingerprint density at radius 1 is 0.455 bits per heavy atom. The fraction of sp³-hybridized carbons (Fsp3) is 1.00. The van der Waals surface area contributed by atoms with Crippen molar-refractivity contribution < 1.29 is 0 Å². The van der Waals surface area contributed by atoms with Crippen LogP contribution in [0, 0.1) is 0 Å². The van der Waals surface area contributed by atoms with Crippen molar-refractivity contribution in [2.75, 3.05) is 0 Å². The van der Waals surface area contributed by atoms with Crippen molar-refractivity contribution in [3.8, 4) is 0 Å². The van der Waals surface area contributed by atoms with Gasteiger partial charge in [-0.05, 0) is 0 Å². The van der Waals surface area contributed by atoms with Gasteiger partial charge in [0.1, 0.15) is 0 Å². The van der Waals surface area contributed by atoms with Crippen LogP contribution in [0.2, 0.25) is 7.96 Å². The average molecular weight is 535 g/mol. The molecule has 60 valence electrons. The third-order valence-corrected chi connectivity index (χ3v) is 5.08. The third-order valence-electron chi connectivity index (χ3n) is 1.91. The van der Waals surface area contributed by atoms with Gasteiger partial charge in [-0.3, -0.25) is 0 Å². The standard InChI is InChI=1S/C9H18.2Tl/c1-3-5-7-9-8-6-4-2;;/h1-9H2;;. The Kier molecular flexibility index (Phi) is 13.8. The second kappa shape index (κ2) is 11.8. The number of hydrogen-bond donors (Lipinski definition) is 0. The zero-order valence-corrected chi connectivity index (χ0v) is 16.5. The summed E-state index contributed by atoms with van der Waals surface area (Å²) in [6, 6.07) is 0. The van der Waals surface area contributed by atoms with Crippen LogP contribution in [0.1, 0.15) is 44.9 Å². The van der Waals surface area contributed by atoms with Crippen LogP contribution in [0.5, 0.6) is 0 Å². The van der Waals surface area contributed by atoms with E-state index in [-0.39, 0.29) is 0 Å². The quantitative estimate of drug-likeness (QED) is 0.332. The molecule has 0 heterocycles. The summed E-state index contributed by atoms with van der Waals surface area (Å²) in [5.74, 6) is 0. The van der Waals surface area contributed by atoms with Crippen LogP contribution < -0.4 is 0 Å². The van der Waals surface area contributed by atoms with Crippen molar-refractivity contribution >= 4 is 51.5 Å². The van der Waals surface area contributed by atoms with Crippen molar-refractivity contribution in [2.45, 2.75) is 52.9 Å². The minimum absolute atomic E-state index is 1.24. The molecule has 0 fully saturated rings. The molecule has 0 N–H and O–H groups in total. The maximum atomic E-state index is 1.54. The molecule has 0 atom stereocenters. The molecule has 0 bridgehead atoms. The monoisotopic (exact) mass is 536 g/mol. The van der Waals surface area contributed by atoms with Crippen LogP contribution in [0.25, 0.3) is 0 Å². The molecule has 0 saturated heterocycles. The van der Waals surface area contributed by atoms with E-state index in [1.807, 2.05) is 0 Å². The van der Waals surface area contributed by atoms with Gasteiger partial charge in [-0.15, -0.1) is 0 Å². The molecule has 0 aliphatic rings. The Hall–Kier alpha value is 1.84. The van der Waals surface area contributed by atoms with Crippen LogP contribution >= 0.6 is 0 Å². The van der Waals surface area contributed by atoms with Crippen molar-refractivity contribution in [1.29, 1.82) is 0 Å². The fourth-order valence-corrected chi connectivity index (χ4v) is 3.42. The molecule has 0 aliphatic carbocycles. The normalized spacial score (nSPS) is 10.0. The molecule has 0 unspecified atom stereocenters. The molecule has 0 spiro atoms. The first-order valence-corrected chi connectivity index (χ1v) is 11.2. The van der Waals surface area contributed by atoms with Crippen LogP contribution in [0.15, 0.2) is 0 Å². The zero-order chi connectivity index (χ0) is 8.36. The number of rotatable bonds is 8. The van der Waals surface area contributed by atoms with Gasteiger partial charge in [0.25, 0.3) is 0 Å². The Labute approximate surface area is 103 Å². The van der Waals surface area contributed by atoms with Gasteiger partial charge in [-0.25, -0.2) is 0 Å². The molecule has 2 heteroatoms. The molecule has 0 aromatic carbocycles. The topological polar surface area (TPSA) is 0 Å². The first kappa shape index (κ1) is 12.8. The predicted molar refractivity (Wildman–Crippen MR) is 53.4 cm³/mol. The number of hydrogen-bond acceptors (Lipinski definition) is 0. The Morgan fingerprint density at radius 2 is 0.727 bits per heavy atom. The van der Waals surface area contributed by atoms with Crippen molar-refractivity contribution in [3.05, 3.63) is 0 Å². The molecule has 0 rings (SSSR count). The van der Waals surface area contributed by atoms with Gasteiger partial charge in [0.15, 0.2) is 0 Å². The first-order chi connectivity index (χ1) is 5.41. The van der Waals surface area contributed by atoms with Crippen LogP contribution in [0.4, 0.5) is 0 Å². The van der Waals surface area contributed by atoms with Crippen LogP contribution in [0.3, 0.4) is 0 Å². The van der Waals surface area contributed by atoms with E-state index in [4.69, 9.17) is 0 Å². The van der Waals surface area contributed by atoms with E-state index in [9.17, 15) is 0 Å². The number of unbranched alkanes of at least 4 members (excludes halogenated alkanes) is 6. The molecular weight excluding hydrogens is 517 g/mol. The van der Waals surface area contributed by atoms with E-state index in [0.717, 1.165) is 0 Å². The van der Waals surface area contributed by atoms with E-state index in [1.54, 1.807) is 7.96 Å². The summed E-state index contributed by atoms with van der Waals surface area (Å²) in [5.41, 5.74) is 0. The van der Waals surface area contributed by atoms with Gasteiger partial charge in [0, 0.05) is 0 Å². The van der Waals surface area contributed by atoms with Gasteiger partial charge >= 0.3 is 104 Å². The molecule has 0 aromatic heterocycles. The average Bonchev–Trinajstić information content (AvgIpc) is 2.03. The van der Waals surface area contributed by atoms with Crippen molar-refractivity contribution in [2.24, 2.45) is 0 Å². The Morgan fingerprint density at radius 3 is 1.00 bits per heavy atom. The summed E-state index contributed by atoms with van der Waals surface area (Å²) < 4.78 is 3.09.